The number of nitrogens with zero attached hydrogens (tertiary/aromatic N) is 2. The van der Waals surface area contributed by atoms with E-state index < -0.39 is 0 Å². The minimum atomic E-state index is -0.00535. The number of rotatable bonds is 9. The summed E-state index contributed by atoms with van der Waals surface area (Å²) in [7, 11) is 0. The minimum Gasteiger partial charge on any atom is -0.484 e. The van der Waals surface area contributed by atoms with Gasteiger partial charge in [0, 0.05) is 32.0 Å². The molecule has 0 atom stereocenters. The molecule has 7 nitrogen and oxygen atoms in total. The van der Waals surface area contributed by atoms with E-state index in [1.807, 2.05) is 17.0 Å². The SMILES string of the molecule is NCCCOC1CCN(C(=O)COc2ccc(Oc3ccccn3)cc2)CC1. The first-order valence-electron chi connectivity index (χ1n) is 9.66. The van der Waals surface area contributed by atoms with Crippen molar-refractivity contribution >= 4 is 5.91 Å². The Balaban J connectivity index is 1.39. The fourth-order valence-electron chi connectivity index (χ4n) is 2.97. The van der Waals surface area contributed by atoms with Crippen LogP contribution in [0.3, 0.4) is 0 Å². The zero-order valence-electron chi connectivity index (χ0n) is 16.0. The maximum atomic E-state index is 12.4. The molecule has 28 heavy (non-hydrogen) atoms. The van der Waals surface area contributed by atoms with Crippen molar-refractivity contribution in [2.75, 3.05) is 32.8 Å². The first-order chi connectivity index (χ1) is 13.7. The molecule has 7 heteroatoms. The van der Waals surface area contributed by atoms with Crippen LogP contribution in [0.5, 0.6) is 17.4 Å². The summed E-state index contributed by atoms with van der Waals surface area (Å²) in [5.74, 6) is 1.81. The van der Waals surface area contributed by atoms with Crippen molar-refractivity contribution in [3.63, 3.8) is 0 Å². The molecule has 2 aromatic rings. The van der Waals surface area contributed by atoms with Gasteiger partial charge in [-0.15, -0.1) is 0 Å². The Bertz CT molecular complexity index is 716. The number of piperidine rings is 1. The molecule has 1 fully saturated rings. The van der Waals surface area contributed by atoms with Gasteiger partial charge in [-0.25, -0.2) is 4.98 Å². The van der Waals surface area contributed by atoms with Crippen LogP contribution in [0.15, 0.2) is 48.7 Å². The molecule has 1 aliphatic heterocycles. The summed E-state index contributed by atoms with van der Waals surface area (Å²) in [6.45, 7) is 2.76. The Morgan fingerprint density at radius 2 is 1.86 bits per heavy atom. The predicted molar refractivity (Wildman–Crippen MR) is 105 cm³/mol. The third-order valence-corrected chi connectivity index (χ3v) is 4.54. The number of benzene rings is 1. The van der Waals surface area contributed by atoms with Crippen molar-refractivity contribution in [3.8, 4) is 17.4 Å². The van der Waals surface area contributed by atoms with Crippen LogP contribution in [0.2, 0.25) is 0 Å². The third-order valence-electron chi connectivity index (χ3n) is 4.54. The monoisotopic (exact) mass is 385 g/mol. The number of hydrogen-bond acceptors (Lipinski definition) is 6. The summed E-state index contributed by atoms with van der Waals surface area (Å²) in [5.41, 5.74) is 5.47. The number of amides is 1. The van der Waals surface area contributed by atoms with Crippen molar-refractivity contribution in [2.24, 2.45) is 5.73 Å². The number of hydrogen-bond donors (Lipinski definition) is 1. The number of ether oxygens (including phenoxy) is 3. The average Bonchev–Trinajstić information content (AvgIpc) is 2.74. The minimum absolute atomic E-state index is 0.00535. The van der Waals surface area contributed by atoms with E-state index in [4.69, 9.17) is 19.9 Å². The quantitative estimate of drug-likeness (QED) is 0.668. The lowest BCUT2D eigenvalue weighted by atomic mass is 10.1. The number of carbonyl (C=O) groups excluding carboxylic acids is 1. The molecule has 1 aromatic carbocycles. The maximum absolute atomic E-state index is 12.4. The van der Waals surface area contributed by atoms with Crippen molar-refractivity contribution in [1.82, 2.24) is 9.88 Å². The van der Waals surface area contributed by atoms with Gasteiger partial charge < -0.3 is 24.8 Å². The van der Waals surface area contributed by atoms with Gasteiger partial charge in [-0.3, -0.25) is 4.79 Å². The van der Waals surface area contributed by atoms with E-state index >= 15 is 0 Å². The highest BCUT2D eigenvalue weighted by Gasteiger charge is 2.23. The van der Waals surface area contributed by atoms with E-state index in [-0.39, 0.29) is 18.6 Å². The molecule has 0 bridgehead atoms. The van der Waals surface area contributed by atoms with Gasteiger partial charge in [0.2, 0.25) is 5.88 Å². The molecule has 1 saturated heterocycles. The van der Waals surface area contributed by atoms with Crippen LogP contribution in [0.1, 0.15) is 19.3 Å². The van der Waals surface area contributed by atoms with Crippen molar-refractivity contribution < 1.29 is 19.0 Å². The van der Waals surface area contributed by atoms with E-state index in [0.717, 1.165) is 19.3 Å². The van der Waals surface area contributed by atoms with Gasteiger partial charge >= 0.3 is 0 Å². The standard InChI is InChI=1S/C21H27N3O4/c22-11-3-15-26-18-9-13-24(14-10-18)21(25)16-27-17-5-7-19(8-6-17)28-20-4-1-2-12-23-20/h1-2,4-8,12,18H,3,9-11,13-16,22H2. The van der Waals surface area contributed by atoms with Crippen LogP contribution in [0, 0.1) is 0 Å². The summed E-state index contributed by atoms with van der Waals surface area (Å²) < 4.78 is 17.0. The molecule has 0 radical (unpaired) electrons. The molecule has 1 aromatic heterocycles. The molecule has 1 amide bonds. The first-order valence-corrected chi connectivity index (χ1v) is 9.66. The second-order valence-corrected chi connectivity index (χ2v) is 6.62. The topological polar surface area (TPSA) is 86.9 Å². The van der Waals surface area contributed by atoms with Crippen molar-refractivity contribution in [2.45, 2.75) is 25.4 Å². The number of nitrogens with two attached hydrogens (primary N) is 1. The number of likely N-dealkylation sites (tertiary alicyclic amines) is 1. The van der Waals surface area contributed by atoms with Gasteiger partial charge in [0.1, 0.15) is 11.5 Å². The molecule has 1 aliphatic rings. The highest BCUT2D eigenvalue weighted by atomic mass is 16.5. The lowest BCUT2D eigenvalue weighted by Gasteiger charge is -2.31. The number of carbonyl (C=O) groups is 1. The third kappa shape index (κ3) is 6.21. The van der Waals surface area contributed by atoms with Gasteiger partial charge in [0.25, 0.3) is 5.91 Å². The summed E-state index contributed by atoms with van der Waals surface area (Å²) in [4.78, 5) is 18.3. The molecule has 0 saturated carbocycles. The van der Waals surface area contributed by atoms with Crippen LogP contribution in [0.25, 0.3) is 0 Å². The van der Waals surface area contributed by atoms with Gasteiger partial charge in [-0.2, -0.15) is 0 Å². The Kier molecular flexibility index (Phi) is 7.63. The number of aromatic nitrogens is 1. The maximum Gasteiger partial charge on any atom is 0.260 e. The van der Waals surface area contributed by atoms with Gasteiger partial charge in [-0.1, -0.05) is 6.07 Å². The predicted octanol–water partition coefficient (Wildman–Crippen LogP) is 2.61. The second-order valence-electron chi connectivity index (χ2n) is 6.62. The molecule has 150 valence electrons. The first kappa shape index (κ1) is 20.1. The van der Waals surface area contributed by atoms with Gasteiger partial charge in [0.05, 0.1) is 6.10 Å². The second kappa shape index (κ2) is 10.6. The summed E-state index contributed by atoms with van der Waals surface area (Å²) in [6, 6.07) is 12.6. The average molecular weight is 385 g/mol. The molecular weight excluding hydrogens is 358 g/mol. The lowest BCUT2D eigenvalue weighted by Crippen LogP contribution is -2.43. The summed E-state index contributed by atoms with van der Waals surface area (Å²) in [5, 5.41) is 0. The Hall–Kier alpha value is -2.64. The van der Waals surface area contributed by atoms with E-state index in [9.17, 15) is 4.79 Å². The van der Waals surface area contributed by atoms with Gasteiger partial charge in [-0.05, 0) is 56.1 Å². The van der Waals surface area contributed by atoms with E-state index in [1.54, 1.807) is 36.5 Å². The van der Waals surface area contributed by atoms with Crippen LogP contribution in [0.4, 0.5) is 0 Å². The zero-order chi connectivity index (χ0) is 19.6. The molecular formula is C21H27N3O4. The van der Waals surface area contributed by atoms with Crippen LogP contribution >= 0.6 is 0 Å². The van der Waals surface area contributed by atoms with E-state index in [0.29, 0.717) is 43.6 Å². The molecule has 0 spiro atoms. The molecule has 3 rings (SSSR count). The lowest BCUT2D eigenvalue weighted by molar-refractivity contribution is -0.136. The van der Waals surface area contributed by atoms with Crippen LogP contribution in [-0.4, -0.2) is 54.7 Å². The Morgan fingerprint density at radius 1 is 1.11 bits per heavy atom. The Labute approximate surface area is 165 Å². The van der Waals surface area contributed by atoms with E-state index in [2.05, 4.69) is 4.98 Å². The smallest absolute Gasteiger partial charge is 0.260 e. The van der Waals surface area contributed by atoms with Crippen molar-refractivity contribution in [1.29, 1.82) is 0 Å². The van der Waals surface area contributed by atoms with Gasteiger partial charge in [0.15, 0.2) is 6.61 Å². The van der Waals surface area contributed by atoms with Crippen molar-refractivity contribution in [3.05, 3.63) is 48.7 Å². The molecule has 2 N–H and O–H groups in total. The summed E-state index contributed by atoms with van der Waals surface area (Å²) in [6.07, 6.45) is 4.49. The fourth-order valence-corrected chi connectivity index (χ4v) is 2.97. The highest BCUT2D eigenvalue weighted by molar-refractivity contribution is 5.77. The summed E-state index contributed by atoms with van der Waals surface area (Å²) >= 11 is 0. The fraction of sp³-hybridized carbons (Fsp3) is 0.429. The molecule has 2 heterocycles. The molecule has 0 unspecified atom stereocenters. The Morgan fingerprint density at radius 3 is 2.54 bits per heavy atom. The normalized spacial score (nSPS) is 14.7. The van der Waals surface area contributed by atoms with Crippen LogP contribution in [-0.2, 0) is 9.53 Å². The molecule has 0 aliphatic carbocycles. The van der Waals surface area contributed by atoms with E-state index in [1.165, 1.54) is 0 Å². The largest absolute Gasteiger partial charge is 0.484 e. The van der Waals surface area contributed by atoms with Crippen LogP contribution < -0.4 is 15.2 Å². The number of pyridine rings is 1. The highest BCUT2D eigenvalue weighted by Crippen LogP contribution is 2.22. The zero-order valence-corrected chi connectivity index (χ0v) is 16.0.